The minimum atomic E-state index is 0.0143. The average Bonchev–Trinajstić information content (AvgIpc) is 2.85. The second kappa shape index (κ2) is 5.89. The number of benzene rings is 1. The van der Waals surface area contributed by atoms with Gasteiger partial charge in [-0.3, -0.25) is 4.79 Å². The fourth-order valence-electron chi connectivity index (χ4n) is 2.00. The second-order valence-corrected chi connectivity index (χ2v) is 4.89. The molecule has 1 heterocycles. The molecule has 0 aliphatic rings. The van der Waals surface area contributed by atoms with Crippen LogP contribution >= 0.6 is 0 Å². The van der Waals surface area contributed by atoms with Crippen molar-refractivity contribution in [3.63, 3.8) is 0 Å². The van der Waals surface area contributed by atoms with Crippen LogP contribution in [0.3, 0.4) is 0 Å². The lowest BCUT2D eigenvalue weighted by molar-refractivity contribution is 0.0533. The molecule has 4 heteroatoms. The molecule has 1 amide bonds. The normalized spacial score (nSPS) is 11.2. The van der Waals surface area contributed by atoms with Crippen molar-refractivity contribution in [1.82, 2.24) is 9.88 Å². The predicted molar refractivity (Wildman–Crippen MR) is 76.3 cm³/mol. The third-order valence-electron chi connectivity index (χ3n) is 3.04. The Bertz CT molecular complexity index is 560. The number of aromatic amines is 1. The van der Waals surface area contributed by atoms with Crippen molar-refractivity contribution in [2.75, 3.05) is 20.2 Å². The van der Waals surface area contributed by atoms with E-state index >= 15 is 0 Å². The van der Waals surface area contributed by atoms with Crippen molar-refractivity contribution < 1.29 is 9.53 Å². The van der Waals surface area contributed by atoms with Crippen LogP contribution in [0.4, 0.5) is 0 Å². The largest absolute Gasteiger partial charge is 0.377 e. The molecule has 2 rings (SSSR count). The summed E-state index contributed by atoms with van der Waals surface area (Å²) in [6, 6.07) is 7.71. The van der Waals surface area contributed by atoms with Crippen LogP contribution in [0.5, 0.6) is 0 Å². The first-order chi connectivity index (χ1) is 9.09. The SMILES string of the molecule is CC(C)OCCN(C)C(=O)c1cccc2cc[nH]c12. The zero-order valence-corrected chi connectivity index (χ0v) is 11.6. The molecule has 0 spiro atoms. The Hall–Kier alpha value is -1.81. The van der Waals surface area contributed by atoms with Crippen molar-refractivity contribution in [2.24, 2.45) is 0 Å². The molecule has 102 valence electrons. The Balaban J connectivity index is 2.08. The van der Waals surface area contributed by atoms with Crippen LogP contribution in [0.25, 0.3) is 10.9 Å². The number of hydrogen-bond acceptors (Lipinski definition) is 2. The van der Waals surface area contributed by atoms with Gasteiger partial charge in [0, 0.05) is 25.2 Å². The minimum absolute atomic E-state index is 0.0143. The van der Waals surface area contributed by atoms with Crippen molar-refractivity contribution >= 4 is 16.8 Å². The summed E-state index contributed by atoms with van der Waals surface area (Å²) in [6.45, 7) is 5.12. The molecule has 0 aliphatic carbocycles. The number of nitrogens with one attached hydrogen (secondary N) is 1. The first-order valence-electron chi connectivity index (χ1n) is 6.52. The highest BCUT2D eigenvalue weighted by Crippen LogP contribution is 2.18. The highest BCUT2D eigenvalue weighted by atomic mass is 16.5. The van der Waals surface area contributed by atoms with Gasteiger partial charge < -0.3 is 14.6 Å². The summed E-state index contributed by atoms with van der Waals surface area (Å²) < 4.78 is 5.47. The van der Waals surface area contributed by atoms with Gasteiger partial charge in [0.2, 0.25) is 0 Å². The quantitative estimate of drug-likeness (QED) is 0.898. The third-order valence-corrected chi connectivity index (χ3v) is 3.04. The molecule has 1 N–H and O–H groups in total. The molecule has 19 heavy (non-hydrogen) atoms. The molecule has 0 aliphatic heterocycles. The van der Waals surface area contributed by atoms with Crippen molar-refractivity contribution in [1.29, 1.82) is 0 Å². The topological polar surface area (TPSA) is 45.3 Å². The van der Waals surface area contributed by atoms with Crippen LogP contribution in [-0.4, -0.2) is 42.1 Å². The van der Waals surface area contributed by atoms with Gasteiger partial charge in [0.1, 0.15) is 0 Å². The van der Waals surface area contributed by atoms with Crippen LogP contribution in [0.2, 0.25) is 0 Å². The number of aromatic nitrogens is 1. The first kappa shape index (κ1) is 13.6. The van der Waals surface area contributed by atoms with E-state index in [9.17, 15) is 4.79 Å². The molecular formula is C15H20N2O2. The van der Waals surface area contributed by atoms with Crippen LogP contribution in [0, 0.1) is 0 Å². The number of carbonyl (C=O) groups is 1. The molecule has 2 aromatic rings. The average molecular weight is 260 g/mol. The van der Waals surface area contributed by atoms with E-state index in [1.165, 1.54) is 0 Å². The summed E-state index contributed by atoms with van der Waals surface area (Å²) in [4.78, 5) is 17.2. The maximum Gasteiger partial charge on any atom is 0.255 e. The number of H-pyrrole nitrogens is 1. The maximum absolute atomic E-state index is 12.4. The van der Waals surface area contributed by atoms with Gasteiger partial charge in [0.25, 0.3) is 5.91 Å². The van der Waals surface area contributed by atoms with Gasteiger partial charge in [-0.1, -0.05) is 12.1 Å². The maximum atomic E-state index is 12.4. The molecule has 0 fully saturated rings. The van der Waals surface area contributed by atoms with Gasteiger partial charge >= 0.3 is 0 Å². The number of likely N-dealkylation sites (N-methyl/N-ethyl adjacent to an activating group) is 1. The highest BCUT2D eigenvalue weighted by Gasteiger charge is 2.15. The number of amides is 1. The number of para-hydroxylation sites is 1. The Labute approximate surface area is 113 Å². The molecule has 0 unspecified atom stereocenters. The second-order valence-electron chi connectivity index (χ2n) is 4.89. The molecular weight excluding hydrogens is 240 g/mol. The Morgan fingerprint density at radius 2 is 2.16 bits per heavy atom. The van der Waals surface area contributed by atoms with Crippen molar-refractivity contribution in [2.45, 2.75) is 20.0 Å². The van der Waals surface area contributed by atoms with E-state index in [-0.39, 0.29) is 12.0 Å². The van der Waals surface area contributed by atoms with Gasteiger partial charge in [0.05, 0.1) is 23.8 Å². The smallest absolute Gasteiger partial charge is 0.255 e. The standard InChI is InChI=1S/C15H20N2O2/c1-11(2)19-10-9-17(3)15(18)13-6-4-5-12-7-8-16-14(12)13/h4-8,11,16H,9-10H2,1-3H3. The zero-order chi connectivity index (χ0) is 13.8. The monoisotopic (exact) mass is 260 g/mol. The number of fused-ring (bicyclic) bond motifs is 1. The summed E-state index contributed by atoms with van der Waals surface area (Å²) in [5, 5.41) is 1.05. The molecule has 0 radical (unpaired) electrons. The van der Waals surface area contributed by atoms with Gasteiger partial charge in [0.15, 0.2) is 0 Å². The number of carbonyl (C=O) groups excluding carboxylic acids is 1. The fourth-order valence-corrected chi connectivity index (χ4v) is 2.00. The molecule has 0 atom stereocenters. The van der Waals surface area contributed by atoms with E-state index in [1.807, 2.05) is 44.3 Å². The highest BCUT2D eigenvalue weighted by molar-refractivity contribution is 6.05. The number of hydrogen-bond donors (Lipinski definition) is 1. The van der Waals surface area contributed by atoms with E-state index in [0.29, 0.717) is 18.7 Å². The lowest BCUT2D eigenvalue weighted by Crippen LogP contribution is -2.30. The lowest BCUT2D eigenvalue weighted by Gasteiger charge is -2.18. The van der Waals surface area contributed by atoms with E-state index in [1.54, 1.807) is 11.9 Å². The summed E-state index contributed by atoms with van der Waals surface area (Å²) >= 11 is 0. The molecule has 0 bridgehead atoms. The molecule has 4 nitrogen and oxygen atoms in total. The van der Waals surface area contributed by atoms with E-state index in [0.717, 1.165) is 10.9 Å². The summed E-state index contributed by atoms with van der Waals surface area (Å²) in [6.07, 6.45) is 2.04. The lowest BCUT2D eigenvalue weighted by atomic mass is 10.1. The number of rotatable bonds is 5. The molecule has 1 aromatic heterocycles. The number of ether oxygens (including phenoxy) is 1. The van der Waals surface area contributed by atoms with Gasteiger partial charge in [-0.2, -0.15) is 0 Å². The summed E-state index contributed by atoms with van der Waals surface area (Å²) in [7, 11) is 1.80. The van der Waals surface area contributed by atoms with Gasteiger partial charge in [-0.25, -0.2) is 0 Å². The van der Waals surface area contributed by atoms with Crippen LogP contribution in [0.1, 0.15) is 24.2 Å². The van der Waals surface area contributed by atoms with Crippen molar-refractivity contribution in [3.05, 3.63) is 36.0 Å². The zero-order valence-electron chi connectivity index (χ0n) is 11.6. The molecule has 1 aromatic carbocycles. The number of nitrogens with zero attached hydrogens (tertiary/aromatic N) is 1. The van der Waals surface area contributed by atoms with Crippen molar-refractivity contribution in [3.8, 4) is 0 Å². The first-order valence-corrected chi connectivity index (χ1v) is 6.52. The summed E-state index contributed by atoms with van der Waals surface area (Å²) in [5.74, 6) is 0.0143. The minimum Gasteiger partial charge on any atom is -0.377 e. The van der Waals surface area contributed by atoms with Crippen LogP contribution in [-0.2, 0) is 4.74 Å². The third kappa shape index (κ3) is 3.15. The van der Waals surface area contributed by atoms with Gasteiger partial charge in [-0.05, 0) is 26.0 Å². The molecule has 0 saturated heterocycles. The van der Waals surface area contributed by atoms with E-state index in [4.69, 9.17) is 4.74 Å². The van der Waals surface area contributed by atoms with E-state index in [2.05, 4.69) is 4.98 Å². The molecule has 0 saturated carbocycles. The summed E-state index contributed by atoms with van der Waals surface area (Å²) in [5.41, 5.74) is 1.60. The fraction of sp³-hybridized carbons (Fsp3) is 0.400. The van der Waals surface area contributed by atoms with Crippen LogP contribution in [0.15, 0.2) is 30.5 Å². The van der Waals surface area contributed by atoms with Crippen LogP contribution < -0.4 is 0 Å². The Morgan fingerprint density at radius 3 is 2.89 bits per heavy atom. The van der Waals surface area contributed by atoms with Gasteiger partial charge in [-0.15, -0.1) is 0 Å². The predicted octanol–water partition coefficient (Wildman–Crippen LogP) is 2.66. The van der Waals surface area contributed by atoms with E-state index < -0.39 is 0 Å². The Kier molecular flexibility index (Phi) is 4.22. The Morgan fingerprint density at radius 1 is 1.37 bits per heavy atom.